The fraction of sp³-hybridized carbons (Fsp3) is 0.400. The number of carbonyl (C=O) groups is 1. The molecular formula is C20H27N3O3S. The molecule has 6 nitrogen and oxygen atoms in total. The Labute approximate surface area is 161 Å². The van der Waals surface area contributed by atoms with Crippen molar-refractivity contribution in [2.45, 2.75) is 26.3 Å². The zero-order chi connectivity index (χ0) is 20.2. The third-order valence-electron chi connectivity index (χ3n) is 4.22. The Morgan fingerprint density at radius 3 is 2.19 bits per heavy atom. The van der Waals surface area contributed by atoms with Crippen LogP contribution in [0.1, 0.15) is 31.1 Å². The average Bonchev–Trinajstić information content (AvgIpc) is 2.60. The Morgan fingerprint density at radius 1 is 1.07 bits per heavy atom. The van der Waals surface area contributed by atoms with E-state index in [0.29, 0.717) is 5.56 Å². The summed E-state index contributed by atoms with van der Waals surface area (Å²) in [6, 6.07) is 13.3. The van der Waals surface area contributed by atoms with Gasteiger partial charge in [0.1, 0.15) is 15.7 Å². The number of amides is 1. The molecule has 0 saturated carbocycles. The molecule has 0 aliphatic heterocycles. The number of sulfone groups is 1. The molecule has 1 heterocycles. The van der Waals surface area contributed by atoms with E-state index in [1.54, 1.807) is 17.0 Å². The largest absolute Gasteiger partial charge is 0.333 e. The van der Waals surface area contributed by atoms with Gasteiger partial charge in [-0.3, -0.25) is 4.79 Å². The SMILES string of the molecule is CN(c1ccccc1)c1ccc(C(=O)N(CCS(C)(=O)=O)C(C)(C)C)cn1. The van der Waals surface area contributed by atoms with Gasteiger partial charge in [0.2, 0.25) is 0 Å². The highest BCUT2D eigenvalue weighted by Gasteiger charge is 2.28. The molecule has 0 radical (unpaired) electrons. The molecule has 0 aliphatic rings. The first-order valence-electron chi connectivity index (χ1n) is 8.73. The minimum atomic E-state index is -3.16. The summed E-state index contributed by atoms with van der Waals surface area (Å²) >= 11 is 0. The maximum absolute atomic E-state index is 12.9. The van der Waals surface area contributed by atoms with Crippen molar-refractivity contribution in [1.29, 1.82) is 0 Å². The van der Waals surface area contributed by atoms with Crippen molar-refractivity contribution in [1.82, 2.24) is 9.88 Å². The monoisotopic (exact) mass is 389 g/mol. The minimum Gasteiger partial charge on any atom is -0.333 e. The van der Waals surface area contributed by atoms with Crippen LogP contribution in [0.2, 0.25) is 0 Å². The number of aromatic nitrogens is 1. The quantitative estimate of drug-likeness (QED) is 0.759. The topological polar surface area (TPSA) is 70.6 Å². The van der Waals surface area contributed by atoms with Crippen molar-refractivity contribution >= 4 is 27.2 Å². The summed E-state index contributed by atoms with van der Waals surface area (Å²) in [4.78, 5) is 20.9. The second-order valence-corrected chi connectivity index (χ2v) is 9.82. The van der Waals surface area contributed by atoms with Crippen LogP contribution in [-0.2, 0) is 9.84 Å². The van der Waals surface area contributed by atoms with Crippen molar-refractivity contribution < 1.29 is 13.2 Å². The second-order valence-electron chi connectivity index (χ2n) is 7.56. The van der Waals surface area contributed by atoms with Crippen LogP contribution in [0, 0.1) is 0 Å². The van der Waals surface area contributed by atoms with Gasteiger partial charge >= 0.3 is 0 Å². The summed E-state index contributed by atoms with van der Waals surface area (Å²) in [7, 11) is -1.25. The first-order valence-corrected chi connectivity index (χ1v) is 10.8. The lowest BCUT2D eigenvalue weighted by atomic mass is 10.0. The highest BCUT2D eigenvalue weighted by atomic mass is 32.2. The molecule has 0 saturated heterocycles. The summed E-state index contributed by atoms with van der Waals surface area (Å²) < 4.78 is 23.0. The number of para-hydroxylation sites is 1. The number of nitrogens with zero attached hydrogens (tertiary/aromatic N) is 3. The van der Waals surface area contributed by atoms with Crippen LogP contribution >= 0.6 is 0 Å². The summed E-state index contributed by atoms with van der Waals surface area (Å²) in [5.41, 5.74) is 0.929. The standard InChI is InChI=1S/C20H27N3O3S/c1-20(2,3)23(13-14-27(5,25)26)19(24)16-11-12-18(21-15-16)22(4)17-9-7-6-8-10-17/h6-12,15H,13-14H2,1-5H3. The van der Waals surface area contributed by atoms with E-state index >= 15 is 0 Å². The van der Waals surface area contributed by atoms with Crippen LogP contribution in [0.3, 0.4) is 0 Å². The predicted molar refractivity (Wildman–Crippen MR) is 109 cm³/mol. The number of hydrogen-bond donors (Lipinski definition) is 0. The lowest BCUT2D eigenvalue weighted by Crippen LogP contribution is -2.47. The van der Waals surface area contributed by atoms with Crippen LogP contribution in [0.15, 0.2) is 48.7 Å². The minimum absolute atomic E-state index is 0.0712. The van der Waals surface area contributed by atoms with E-state index in [0.717, 1.165) is 11.5 Å². The smallest absolute Gasteiger partial charge is 0.255 e. The van der Waals surface area contributed by atoms with E-state index in [9.17, 15) is 13.2 Å². The summed E-state index contributed by atoms with van der Waals surface area (Å²) in [6.07, 6.45) is 2.71. The molecular weight excluding hydrogens is 362 g/mol. The third-order valence-corrected chi connectivity index (χ3v) is 5.15. The number of benzene rings is 1. The van der Waals surface area contributed by atoms with Gasteiger partial charge in [0, 0.05) is 37.3 Å². The second kappa shape index (κ2) is 8.08. The Kier molecular flexibility index (Phi) is 6.26. The number of carbonyl (C=O) groups excluding carboxylic acids is 1. The molecule has 1 aromatic carbocycles. The van der Waals surface area contributed by atoms with Crippen LogP contribution in [-0.4, -0.2) is 55.3 Å². The van der Waals surface area contributed by atoms with Crippen molar-refractivity contribution in [3.05, 3.63) is 54.2 Å². The highest BCUT2D eigenvalue weighted by molar-refractivity contribution is 7.90. The van der Waals surface area contributed by atoms with Gasteiger partial charge in [-0.25, -0.2) is 13.4 Å². The fourth-order valence-corrected chi connectivity index (χ4v) is 3.16. The van der Waals surface area contributed by atoms with E-state index in [4.69, 9.17) is 0 Å². The lowest BCUT2D eigenvalue weighted by molar-refractivity contribution is 0.0601. The molecule has 27 heavy (non-hydrogen) atoms. The van der Waals surface area contributed by atoms with E-state index < -0.39 is 15.4 Å². The van der Waals surface area contributed by atoms with Gasteiger partial charge in [0.05, 0.1) is 11.3 Å². The molecule has 146 valence electrons. The molecule has 0 bridgehead atoms. The Hall–Kier alpha value is -2.41. The van der Waals surface area contributed by atoms with E-state index in [1.807, 2.05) is 63.1 Å². The zero-order valence-corrected chi connectivity index (χ0v) is 17.3. The normalized spacial score (nSPS) is 11.9. The number of anilines is 2. The molecule has 0 aliphatic carbocycles. The zero-order valence-electron chi connectivity index (χ0n) is 16.5. The molecule has 7 heteroatoms. The summed E-state index contributed by atoms with van der Waals surface area (Å²) in [5, 5.41) is 0. The molecule has 0 atom stereocenters. The fourth-order valence-electron chi connectivity index (χ4n) is 2.65. The third kappa shape index (κ3) is 5.79. The van der Waals surface area contributed by atoms with Gasteiger partial charge in [-0.2, -0.15) is 0 Å². The van der Waals surface area contributed by atoms with Crippen LogP contribution in [0.25, 0.3) is 0 Å². The Balaban J connectivity index is 2.21. The lowest BCUT2D eigenvalue weighted by Gasteiger charge is -2.35. The summed E-state index contributed by atoms with van der Waals surface area (Å²) in [6.45, 7) is 5.81. The van der Waals surface area contributed by atoms with Gasteiger partial charge < -0.3 is 9.80 Å². The van der Waals surface area contributed by atoms with Crippen molar-refractivity contribution in [2.75, 3.05) is 30.5 Å². The molecule has 0 unspecified atom stereocenters. The first kappa shape index (κ1) is 20.9. The number of rotatable bonds is 6. The molecule has 1 aromatic heterocycles. The molecule has 0 N–H and O–H groups in total. The van der Waals surface area contributed by atoms with Crippen molar-refractivity contribution in [2.24, 2.45) is 0 Å². The van der Waals surface area contributed by atoms with Crippen molar-refractivity contribution in [3.8, 4) is 0 Å². The number of pyridine rings is 1. The van der Waals surface area contributed by atoms with Gasteiger partial charge in [-0.05, 0) is 45.0 Å². The van der Waals surface area contributed by atoms with Crippen LogP contribution < -0.4 is 4.90 Å². The van der Waals surface area contributed by atoms with Gasteiger partial charge in [0.25, 0.3) is 5.91 Å². The van der Waals surface area contributed by atoms with E-state index in [2.05, 4.69) is 4.98 Å². The Bertz CT molecular complexity index is 873. The molecule has 0 spiro atoms. The van der Waals surface area contributed by atoms with Crippen LogP contribution in [0.4, 0.5) is 11.5 Å². The number of hydrogen-bond acceptors (Lipinski definition) is 5. The molecule has 1 amide bonds. The molecule has 2 rings (SSSR count). The van der Waals surface area contributed by atoms with Crippen LogP contribution in [0.5, 0.6) is 0 Å². The Morgan fingerprint density at radius 2 is 1.70 bits per heavy atom. The maximum Gasteiger partial charge on any atom is 0.255 e. The predicted octanol–water partition coefficient (Wildman–Crippen LogP) is 3.13. The highest BCUT2D eigenvalue weighted by Crippen LogP contribution is 2.22. The molecule has 2 aromatic rings. The first-order chi connectivity index (χ1) is 12.5. The van der Waals surface area contributed by atoms with E-state index in [1.165, 1.54) is 12.5 Å². The van der Waals surface area contributed by atoms with Gasteiger partial charge in [-0.1, -0.05) is 18.2 Å². The van der Waals surface area contributed by atoms with Gasteiger partial charge in [-0.15, -0.1) is 0 Å². The molecule has 0 fully saturated rings. The van der Waals surface area contributed by atoms with E-state index in [-0.39, 0.29) is 18.2 Å². The maximum atomic E-state index is 12.9. The average molecular weight is 390 g/mol. The summed E-state index contributed by atoms with van der Waals surface area (Å²) in [5.74, 6) is 0.418. The van der Waals surface area contributed by atoms with Crippen molar-refractivity contribution in [3.63, 3.8) is 0 Å². The van der Waals surface area contributed by atoms with Gasteiger partial charge in [0.15, 0.2) is 0 Å².